The number of aromatic hydroxyl groups is 1. The van der Waals surface area contributed by atoms with E-state index in [0.29, 0.717) is 4.47 Å². The molecule has 1 aromatic rings. The Labute approximate surface area is 70.6 Å². The average molecular weight is 225 g/mol. The van der Waals surface area contributed by atoms with E-state index < -0.39 is 11.6 Å². The zero-order valence-corrected chi connectivity index (χ0v) is 7.08. The van der Waals surface area contributed by atoms with Crippen molar-refractivity contribution in [3.8, 4) is 5.75 Å². The lowest BCUT2D eigenvalue weighted by atomic mass is 10.3. The van der Waals surface area contributed by atoms with Crippen LogP contribution >= 0.6 is 27.5 Å². The molecule has 0 fully saturated rings. The molecule has 0 radical (unpaired) electrons. The Morgan fingerprint density at radius 3 is 2.60 bits per heavy atom. The molecule has 0 atom stereocenters. The number of benzene rings is 1. The molecule has 0 spiro atoms. The van der Waals surface area contributed by atoms with Crippen molar-refractivity contribution in [1.29, 1.82) is 0 Å². The van der Waals surface area contributed by atoms with Gasteiger partial charge in [0.25, 0.3) is 0 Å². The molecule has 1 N–H and O–H groups in total. The molecule has 0 bridgehead atoms. The highest BCUT2D eigenvalue weighted by Crippen LogP contribution is 2.28. The summed E-state index contributed by atoms with van der Waals surface area (Å²) in [5, 5.41) is 9.01. The second kappa shape index (κ2) is 2.76. The van der Waals surface area contributed by atoms with Crippen LogP contribution in [0.25, 0.3) is 0 Å². The Morgan fingerprint density at radius 1 is 1.50 bits per heavy atom. The van der Waals surface area contributed by atoms with Crippen molar-refractivity contribution in [1.82, 2.24) is 0 Å². The summed E-state index contributed by atoms with van der Waals surface area (Å²) in [5.41, 5.74) is 0. The molecule has 10 heavy (non-hydrogen) atoms. The van der Waals surface area contributed by atoms with Crippen molar-refractivity contribution in [3.63, 3.8) is 0 Å². The van der Waals surface area contributed by atoms with E-state index in [1.165, 1.54) is 6.07 Å². The standard InChI is InChI=1S/C6H3BrClFO/c7-3-1-6(10)5(9)2-4(3)8/h1-2,10H. The molecule has 0 saturated carbocycles. The smallest absolute Gasteiger partial charge is 0.166 e. The number of rotatable bonds is 0. The van der Waals surface area contributed by atoms with Crippen LogP contribution in [0.3, 0.4) is 0 Å². The summed E-state index contributed by atoms with van der Waals surface area (Å²) < 4.78 is 12.9. The third-order valence-electron chi connectivity index (χ3n) is 0.990. The van der Waals surface area contributed by atoms with Crippen LogP contribution in [0, 0.1) is 5.82 Å². The quantitative estimate of drug-likeness (QED) is 0.673. The van der Waals surface area contributed by atoms with Gasteiger partial charge in [0.05, 0.1) is 5.02 Å². The van der Waals surface area contributed by atoms with Crippen molar-refractivity contribution in [3.05, 3.63) is 27.4 Å². The maximum atomic E-state index is 12.4. The average Bonchev–Trinajstić information content (AvgIpc) is 1.84. The van der Waals surface area contributed by atoms with E-state index in [2.05, 4.69) is 15.9 Å². The Morgan fingerprint density at radius 2 is 2.10 bits per heavy atom. The lowest BCUT2D eigenvalue weighted by Crippen LogP contribution is -1.76. The number of hydrogen-bond acceptors (Lipinski definition) is 1. The third-order valence-corrected chi connectivity index (χ3v) is 2.19. The van der Waals surface area contributed by atoms with Gasteiger partial charge in [-0.15, -0.1) is 0 Å². The molecular formula is C6H3BrClFO. The van der Waals surface area contributed by atoms with E-state index in [9.17, 15) is 4.39 Å². The largest absolute Gasteiger partial charge is 0.505 e. The topological polar surface area (TPSA) is 20.2 Å². The zero-order chi connectivity index (χ0) is 7.72. The first-order chi connectivity index (χ1) is 4.61. The normalized spacial score (nSPS) is 9.90. The summed E-state index contributed by atoms with van der Waals surface area (Å²) in [4.78, 5) is 0. The SMILES string of the molecule is Oc1cc(Br)c(Cl)cc1F. The van der Waals surface area contributed by atoms with Gasteiger partial charge in [-0.25, -0.2) is 4.39 Å². The minimum Gasteiger partial charge on any atom is -0.505 e. The van der Waals surface area contributed by atoms with E-state index in [-0.39, 0.29) is 5.02 Å². The van der Waals surface area contributed by atoms with E-state index in [4.69, 9.17) is 16.7 Å². The maximum absolute atomic E-state index is 12.4. The van der Waals surface area contributed by atoms with Crippen molar-refractivity contribution in [2.75, 3.05) is 0 Å². The predicted octanol–water partition coefficient (Wildman–Crippen LogP) is 2.95. The fourth-order valence-corrected chi connectivity index (χ4v) is 0.994. The fraction of sp³-hybridized carbons (Fsp3) is 0. The van der Waals surface area contributed by atoms with Crippen molar-refractivity contribution in [2.24, 2.45) is 0 Å². The molecule has 0 aliphatic heterocycles. The van der Waals surface area contributed by atoms with Gasteiger partial charge in [-0.05, 0) is 28.1 Å². The van der Waals surface area contributed by atoms with Gasteiger partial charge in [0.15, 0.2) is 11.6 Å². The van der Waals surface area contributed by atoms with Gasteiger partial charge in [0, 0.05) is 4.47 Å². The van der Waals surface area contributed by atoms with Gasteiger partial charge in [-0.1, -0.05) is 11.6 Å². The molecule has 0 heterocycles. The van der Waals surface area contributed by atoms with Crippen molar-refractivity contribution in [2.45, 2.75) is 0 Å². The van der Waals surface area contributed by atoms with Crippen LogP contribution in [0.2, 0.25) is 5.02 Å². The Hall–Kier alpha value is -0.280. The highest BCUT2D eigenvalue weighted by molar-refractivity contribution is 9.10. The van der Waals surface area contributed by atoms with Crippen LogP contribution in [0.4, 0.5) is 4.39 Å². The Balaban J connectivity index is 3.28. The predicted molar refractivity (Wildman–Crippen MR) is 40.8 cm³/mol. The van der Waals surface area contributed by atoms with Gasteiger partial charge in [0.2, 0.25) is 0 Å². The summed E-state index contributed by atoms with van der Waals surface area (Å²) in [5.74, 6) is -1.12. The highest BCUT2D eigenvalue weighted by Gasteiger charge is 2.03. The maximum Gasteiger partial charge on any atom is 0.166 e. The zero-order valence-electron chi connectivity index (χ0n) is 4.74. The molecule has 54 valence electrons. The van der Waals surface area contributed by atoms with Crippen molar-refractivity contribution < 1.29 is 9.50 Å². The summed E-state index contributed by atoms with van der Waals surface area (Å²) in [6.07, 6.45) is 0. The second-order valence-corrected chi connectivity index (χ2v) is 2.98. The van der Waals surface area contributed by atoms with Crippen LogP contribution in [-0.2, 0) is 0 Å². The first-order valence-corrected chi connectivity index (χ1v) is 3.62. The first kappa shape index (κ1) is 7.82. The van der Waals surface area contributed by atoms with Crippen LogP contribution in [0.5, 0.6) is 5.75 Å². The number of hydrogen-bond donors (Lipinski definition) is 1. The molecule has 1 rings (SSSR count). The second-order valence-electron chi connectivity index (χ2n) is 1.72. The minimum atomic E-state index is -0.715. The van der Waals surface area contributed by atoms with Gasteiger partial charge in [0.1, 0.15) is 0 Å². The number of phenols is 1. The molecule has 1 nitrogen and oxygen atoms in total. The fourth-order valence-electron chi connectivity index (χ4n) is 0.512. The lowest BCUT2D eigenvalue weighted by molar-refractivity contribution is 0.432. The summed E-state index contributed by atoms with van der Waals surface area (Å²) >= 11 is 8.51. The molecule has 0 amide bonds. The molecule has 0 saturated heterocycles. The Kier molecular flexibility index (Phi) is 2.16. The van der Waals surface area contributed by atoms with Crippen molar-refractivity contribution >= 4 is 27.5 Å². The molecule has 0 aliphatic carbocycles. The lowest BCUT2D eigenvalue weighted by Gasteiger charge is -1.97. The molecular weight excluding hydrogens is 222 g/mol. The van der Waals surface area contributed by atoms with Crippen LogP contribution in [0.1, 0.15) is 0 Å². The summed E-state index contributed by atoms with van der Waals surface area (Å²) in [7, 11) is 0. The van der Waals surface area contributed by atoms with E-state index in [1.54, 1.807) is 0 Å². The number of phenolic OH excluding ortho intramolecular Hbond substituents is 1. The minimum absolute atomic E-state index is 0.246. The molecule has 0 aromatic heterocycles. The van der Waals surface area contributed by atoms with Crippen LogP contribution < -0.4 is 0 Å². The van der Waals surface area contributed by atoms with Crippen LogP contribution in [-0.4, -0.2) is 5.11 Å². The van der Waals surface area contributed by atoms with E-state index in [0.717, 1.165) is 6.07 Å². The summed E-state index contributed by atoms with van der Waals surface area (Å²) in [6.45, 7) is 0. The molecule has 0 aliphatic rings. The molecule has 0 unspecified atom stereocenters. The van der Waals surface area contributed by atoms with Gasteiger partial charge < -0.3 is 5.11 Å². The van der Waals surface area contributed by atoms with Gasteiger partial charge in [-0.2, -0.15) is 0 Å². The van der Waals surface area contributed by atoms with Gasteiger partial charge in [-0.3, -0.25) is 0 Å². The monoisotopic (exact) mass is 224 g/mol. The summed E-state index contributed by atoms with van der Waals surface area (Å²) in [6, 6.07) is 2.25. The van der Waals surface area contributed by atoms with E-state index in [1.807, 2.05) is 0 Å². The third kappa shape index (κ3) is 1.41. The highest BCUT2D eigenvalue weighted by atomic mass is 79.9. The van der Waals surface area contributed by atoms with Crippen LogP contribution in [0.15, 0.2) is 16.6 Å². The molecule has 4 heteroatoms. The Bertz CT molecular complexity index is 214. The molecule has 1 aromatic carbocycles. The van der Waals surface area contributed by atoms with E-state index >= 15 is 0 Å². The number of halogens is 3. The van der Waals surface area contributed by atoms with Gasteiger partial charge >= 0.3 is 0 Å². The first-order valence-electron chi connectivity index (χ1n) is 2.45.